The molecule has 0 aromatic rings. The van der Waals surface area contributed by atoms with E-state index in [1.807, 2.05) is 6.92 Å². The van der Waals surface area contributed by atoms with Gasteiger partial charge < -0.3 is 15.4 Å². The molecule has 142 valence electrons. The summed E-state index contributed by atoms with van der Waals surface area (Å²) < 4.78 is 45.2. The predicted molar refractivity (Wildman–Crippen MR) is 87.3 cm³/mol. The number of nitrogens with one attached hydrogen (secondary N) is 2. The van der Waals surface area contributed by atoms with Crippen molar-refractivity contribution in [3.63, 3.8) is 0 Å². The van der Waals surface area contributed by atoms with Crippen LogP contribution in [0, 0.1) is 0 Å². The molecule has 0 aliphatic carbocycles. The highest BCUT2D eigenvalue weighted by atomic mass is 35.5. The summed E-state index contributed by atoms with van der Waals surface area (Å²) in [4.78, 5) is 13.2. The summed E-state index contributed by atoms with van der Waals surface area (Å²) >= 11 is 0. The molecular formula is C15H27ClF3N3O2. The molecule has 0 bridgehead atoms. The number of halogens is 4. The van der Waals surface area contributed by atoms with Crippen molar-refractivity contribution in [2.75, 3.05) is 32.7 Å². The van der Waals surface area contributed by atoms with Gasteiger partial charge in [0.05, 0.1) is 12.2 Å². The highest BCUT2D eigenvalue weighted by molar-refractivity contribution is 5.85. The van der Waals surface area contributed by atoms with Crippen molar-refractivity contribution in [1.29, 1.82) is 0 Å². The fourth-order valence-corrected chi connectivity index (χ4v) is 3.13. The molecule has 3 atom stereocenters. The first-order valence-corrected chi connectivity index (χ1v) is 8.30. The Morgan fingerprint density at radius 3 is 2.54 bits per heavy atom. The van der Waals surface area contributed by atoms with Gasteiger partial charge in [0.1, 0.15) is 6.04 Å². The Labute approximate surface area is 147 Å². The van der Waals surface area contributed by atoms with E-state index >= 15 is 0 Å². The van der Waals surface area contributed by atoms with Gasteiger partial charge in [0.15, 0.2) is 0 Å². The summed E-state index contributed by atoms with van der Waals surface area (Å²) in [7, 11) is 0. The van der Waals surface area contributed by atoms with Crippen LogP contribution in [-0.4, -0.2) is 68.0 Å². The van der Waals surface area contributed by atoms with Crippen molar-refractivity contribution >= 4 is 18.3 Å². The van der Waals surface area contributed by atoms with Crippen molar-refractivity contribution in [2.45, 2.75) is 57.0 Å². The Morgan fingerprint density at radius 2 is 2.00 bits per heavy atom. The van der Waals surface area contributed by atoms with Gasteiger partial charge in [0, 0.05) is 39.1 Å². The van der Waals surface area contributed by atoms with Crippen molar-refractivity contribution < 1.29 is 22.7 Å². The van der Waals surface area contributed by atoms with Crippen molar-refractivity contribution in [3.8, 4) is 0 Å². The van der Waals surface area contributed by atoms with Gasteiger partial charge in [-0.15, -0.1) is 12.4 Å². The highest BCUT2D eigenvalue weighted by Crippen LogP contribution is 2.25. The molecule has 9 heteroatoms. The van der Waals surface area contributed by atoms with Crippen LogP contribution in [0.15, 0.2) is 0 Å². The molecule has 2 N–H and O–H groups in total. The molecule has 2 aliphatic heterocycles. The summed E-state index contributed by atoms with van der Waals surface area (Å²) in [6.07, 6.45) is -1.39. The third-order valence-electron chi connectivity index (χ3n) is 4.48. The Hall–Kier alpha value is -0.570. The molecule has 2 aliphatic rings. The van der Waals surface area contributed by atoms with Crippen LogP contribution in [0.5, 0.6) is 0 Å². The zero-order valence-electron chi connectivity index (χ0n) is 13.9. The summed E-state index contributed by atoms with van der Waals surface area (Å²) in [5, 5.41) is 5.48. The summed E-state index contributed by atoms with van der Waals surface area (Å²) in [6.45, 7) is 3.36. The molecule has 0 aromatic heterocycles. The molecule has 2 heterocycles. The van der Waals surface area contributed by atoms with Gasteiger partial charge >= 0.3 is 6.18 Å². The number of carbonyl (C=O) groups is 1. The van der Waals surface area contributed by atoms with Gasteiger partial charge in [-0.3, -0.25) is 9.69 Å². The van der Waals surface area contributed by atoms with Crippen LogP contribution < -0.4 is 10.6 Å². The number of hydrogen-bond donors (Lipinski definition) is 2. The number of alkyl halides is 3. The van der Waals surface area contributed by atoms with E-state index in [0.717, 1.165) is 12.8 Å². The van der Waals surface area contributed by atoms with Crippen LogP contribution in [0.25, 0.3) is 0 Å². The molecule has 1 amide bonds. The maximum Gasteiger partial charge on any atom is 0.405 e. The SMILES string of the molecule is CC1CCC(CCC(=O)NCC(N2CCNCC2)C(F)(F)F)O1.Cl. The average Bonchev–Trinajstić information content (AvgIpc) is 2.91. The van der Waals surface area contributed by atoms with Crippen LogP contribution in [0.2, 0.25) is 0 Å². The topological polar surface area (TPSA) is 53.6 Å². The number of ether oxygens (including phenoxy) is 1. The zero-order valence-corrected chi connectivity index (χ0v) is 14.7. The fourth-order valence-electron chi connectivity index (χ4n) is 3.13. The second-order valence-corrected chi connectivity index (χ2v) is 6.33. The Morgan fingerprint density at radius 1 is 1.33 bits per heavy atom. The molecule has 5 nitrogen and oxygen atoms in total. The van der Waals surface area contributed by atoms with Crippen LogP contribution in [0.4, 0.5) is 13.2 Å². The first kappa shape index (κ1) is 21.5. The zero-order chi connectivity index (χ0) is 16.9. The Kier molecular flexibility index (Phi) is 8.76. The Balaban J connectivity index is 0.00000288. The lowest BCUT2D eigenvalue weighted by molar-refractivity contribution is -0.184. The number of nitrogens with zero attached hydrogens (tertiary/aromatic N) is 1. The van der Waals surface area contributed by atoms with E-state index < -0.39 is 12.2 Å². The monoisotopic (exact) mass is 373 g/mol. The number of rotatable bonds is 6. The van der Waals surface area contributed by atoms with E-state index in [2.05, 4.69) is 10.6 Å². The minimum absolute atomic E-state index is 0. The van der Waals surface area contributed by atoms with Gasteiger partial charge in [0.2, 0.25) is 5.91 Å². The molecule has 0 saturated carbocycles. The van der Waals surface area contributed by atoms with Gasteiger partial charge in [-0.1, -0.05) is 0 Å². The van der Waals surface area contributed by atoms with Crippen molar-refractivity contribution in [2.24, 2.45) is 0 Å². The van der Waals surface area contributed by atoms with Crippen LogP contribution >= 0.6 is 12.4 Å². The molecule has 24 heavy (non-hydrogen) atoms. The number of amides is 1. The van der Waals surface area contributed by atoms with E-state index in [9.17, 15) is 18.0 Å². The van der Waals surface area contributed by atoms with E-state index in [1.165, 1.54) is 4.90 Å². The van der Waals surface area contributed by atoms with Gasteiger partial charge in [0.25, 0.3) is 0 Å². The molecule has 2 rings (SSSR count). The lowest BCUT2D eigenvalue weighted by Gasteiger charge is -2.35. The second-order valence-electron chi connectivity index (χ2n) is 6.33. The normalized spacial score (nSPS) is 26.7. The third-order valence-corrected chi connectivity index (χ3v) is 4.48. The highest BCUT2D eigenvalue weighted by Gasteiger charge is 2.43. The molecular weight excluding hydrogens is 347 g/mol. The van der Waals surface area contributed by atoms with E-state index in [0.29, 0.717) is 32.6 Å². The first-order valence-electron chi connectivity index (χ1n) is 8.30. The summed E-state index contributed by atoms with van der Waals surface area (Å²) in [6, 6.07) is -1.61. The van der Waals surface area contributed by atoms with E-state index in [4.69, 9.17) is 4.74 Å². The van der Waals surface area contributed by atoms with E-state index in [1.54, 1.807) is 0 Å². The molecule has 3 unspecified atom stereocenters. The number of hydrogen-bond acceptors (Lipinski definition) is 4. The van der Waals surface area contributed by atoms with Crippen LogP contribution in [0.3, 0.4) is 0 Å². The van der Waals surface area contributed by atoms with E-state index in [-0.39, 0.29) is 43.5 Å². The maximum absolute atomic E-state index is 13.2. The van der Waals surface area contributed by atoms with Crippen molar-refractivity contribution in [3.05, 3.63) is 0 Å². The smallest absolute Gasteiger partial charge is 0.375 e. The van der Waals surface area contributed by atoms with Gasteiger partial charge in [-0.05, 0) is 26.2 Å². The lowest BCUT2D eigenvalue weighted by atomic mass is 10.1. The minimum Gasteiger partial charge on any atom is -0.375 e. The van der Waals surface area contributed by atoms with Gasteiger partial charge in [-0.2, -0.15) is 13.2 Å². The number of piperazine rings is 1. The predicted octanol–water partition coefficient (Wildman–Crippen LogP) is 1.71. The standard InChI is InChI=1S/C15H26F3N3O2.ClH/c1-11-2-3-12(23-11)4-5-14(22)20-10-13(15(16,17)18)21-8-6-19-7-9-21;/h11-13,19H,2-10H2,1H3,(H,20,22);1H. The summed E-state index contributed by atoms with van der Waals surface area (Å²) in [5.74, 6) is -0.336. The second kappa shape index (κ2) is 9.79. The van der Waals surface area contributed by atoms with Gasteiger partial charge in [-0.25, -0.2) is 0 Å². The molecule has 0 spiro atoms. The molecule has 0 radical (unpaired) electrons. The fraction of sp³-hybridized carbons (Fsp3) is 0.933. The minimum atomic E-state index is -4.34. The lowest BCUT2D eigenvalue weighted by Crippen LogP contribution is -2.57. The molecule has 0 aromatic carbocycles. The van der Waals surface area contributed by atoms with Crippen LogP contribution in [-0.2, 0) is 9.53 Å². The van der Waals surface area contributed by atoms with Crippen molar-refractivity contribution in [1.82, 2.24) is 15.5 Å². The quantitative estimate of drug-likeness (QED) is 0.744. The summed E-state index contributed by atoms with van der Waals surface area (Å²) in [5.41, 5.74) is 0. The first-order chi connectivity index (χ1) is 10.9. The molecule has 2 saturated heterocycles. The maximum atomic E-state index is 13.2. The number of carbonyl (C=O) groups excluding carboxylic acids is 1. The molecule has 2 fully saturated rings. The largest absolute Gasteiger partial charge is 0.405 e. The Bertz CT molecular complexity index is 393. The van der Waals surface area contributed by atoms with Crippen LogP contribution in [0.1, 0.15) is 32.6 Å². The average molecular weight is 374 g/mol. The third kappa shape index (κ3) is 6.74.